The Morgan fingerprint density at radius 2 is 2.19 bits per heavy atom. The zero-order valence-electron chi connectivity index (χ0n) is 12.1. The number of thiophene rings is 1. The van der Waals surface area contributed by atoms with E-state index < -0.39 is 0 Å². The molecule has 0 radical (unpaired) electrons. The summed E-state index contributed by atoms with van der Waals surface area (Å²) in [6.07, 6.45) is 0. The molecular formula is C15H19N3O2S. The van der Waals surface area contributed by atoms with Crippen LogP contribution in [0.2, 0.25) is 0 Å². The average molecular weight is 305 g/mol. The van der Waals surface area contributed by atoms with Crippen LogP contribution in [0.3, 0.4) is 0 Å². The van der Waals surface area contributed by atoms with Gasteiger partial charge in [0, 0.05) is 18.0 Å². The molecule has 1 aromatic heterocycles. The highest BCUT2D eigenvalue weighted by Gasteiger charge is 2.08. The van der Waals surface area contributed by atoms with Crippen molar-refractivity contribution in [3.63, 3.8) is 0 Å². The monoisotopic (exact) mass is 305 g/mol. The minimum atomic E-state index is 0.0422. The minimum absolute atomic E-state index is 0.0422. The first-order chi connectivity index (χ1) is 10.2. The van der Waals surface area contributed by atoms with Crippen molar-refractivity contribution in [2.24, 2.45) is 10.9 Å². The van der Waals surface area contributed by atoms with Crippen molar-refractivity contribution in [1.82, 2.24) is 5.32 Å². The third-order valence-corrected chi connectivity index (χ3v) is 4.26. The first-order valence-electron chi connectivity index (χ1n) is 6.54. The molecule has 2 rings (SSSR count). The van der Waals surface area contributed by atoms with Gasteiger partial charge in [0.2, 0.25) is 0 Å². The maximum Gasteiger partial charge on any atom is 0.173 e. The van der Waals surface area contributed by atoms with E-state index in [4.69, 9.17) is 15.7 Å². The highest BCUT2D eigenvalue weighted by molar-refractivity contribution is 7.10. The summed E-state index contributed by atoms with van der Waals surface area (Å²) < 4.78 is 5.28. The highest BCUT2D eigenvalue weighted by atomic mass is 32.1. The number of ether oxygens (including phenoxy) is 1. The van der Waals surface area contributed by atoms with Crippen molar-refractivity contribution < 1.29 is 9.94 Å². The first-order valence-corrected chi connectivity index (χ1v) is 7.42. The zero-order valence-corrected chi connectivity index (χ0v) is 12.9. The van der Waals surface area contributed by atoms with Crippen LogP contribution in [0.15, 0.2) is 34.8 Å². The molecule has 2 aromatic rings. The molecule has 0 aliphatic heterocycles. The fourth-order valence-corrected chi connectivity index (χ4v) is 2.89. The highest BCUT2D eigenvalue weighted by Crippen LogP contribution is 2.20. The Bertz CT molecular complexity index is 638. The Kier molecular flexibility index (Phi) is 5.19. The summed E-state index contributed by atoms with van der Waals surface area (Å²) in [5, 5.41) is 17.3. The zero-order chi connectivity index (χ0) is 15.2. The molecule has 112 valence electrons. The van der Waals surface area contributed by atoms with Gasteiger partial charge in [0.05, 0.1) is 12.7 Å². The van der Waals surface area contributed by atoms with Crippen LogP contribution >= 0.6 is 11.3 Å². The van der Waals surface area contributed by atoms with E-state index in [-0.39, 0.29) is 5.84 Å². The van der Waals surface area contributed by atoms with E-state index in [0.717, 1.165) is 18.7 Å². The fraction of sp³-hybridized carbons (Fsp3) is 0.267. The lowest BCUT2D eigenvalue weighted by Crippen LogP contribution is -2.16. The molecule has 21 heavy (non-hydrogen) atoms. The lowest BCUT2D eigenvalue weighted by Gasteiger charge is -2.10. The second-order valence-electron chi connectivity index (χ2n) is 4.65. The number of hydrogen-bond acceptors (Lipinski definition) is 5. The molecule has 1 heterocycles. The smallest absolute Gasteiger partial charge is 0.173 e. The third kappa shape index (κ3) is 3.74. The molecule has 0 aliphatic rings. The first kappa shape index (κ1) is 15.3. The molecule has 0 bridgehead atoms. The number of rotatable bonds is 6. The Labute approximate surface area is 128 Å². The van der Waals surface area contributed by atoms with Crippen molar-refractivity contribution in [2.75, 3.05) is 7.11 Å². The number of aryl methyl sites for hydroxylation is 1. The van der Waals surface area contributed by atoms with Crippen LogP contribution in [0, 0.1) is 6.92 Å². The molecule has 0 saturated carbocycles. The molecule has 5 nitrogen and oxygen atoms in total. The molecule has 0 amide bonds. The molecule has 0 aliphatic carbocycles. The molecular weight excluding hydrogens is 286 g/mol. The summed E-state index contributed by atoms with van der Waals surface area (Å²) in [7, 11) is 1.57. The van der Waals surface area contributed by atoms with Gasteiger partial charge < -0.3 is 21.0 Å². The largest absolute Gasteiger partial charge is 0.496 e. The standard InChI is InChI=1S/C15H19N3O2S/c1-10-5-6-21-14(10)9-17-8-11-3-4-12(15(16)18-19)13(7-11)20-2/h3-7,17,19H,8-9H2,1-2H3,(H2,16,18). The SMILES string of the molecule is COc1cc(CNCc2sccc2C)ccc1/C(N)=N/O. The van der Waals surface area contributed by atoms with E-state index >= 15 is 0 Å². The van der Waals surface area contributed by atoms with Crippen molar-refractivity contribution in [2.45, 2.75) is 20.0 Å². The number of nitrogens with one attached hydrogen (secondary N) is 1. The number of benzene rings is 1. The summed E-state index contributed by atoms with van der Waals surface area (Å²) in [4.78, 5) is 1.34. The molecule has 6 heteroatoms. The van der Waals surface area contributed by atoms with Gasteiger partial charge in [-0.3, -0.25) is 0 Å². The normalized spacial score (nSPS) is 11.6. The van der Waals surface area contributed by atoms with E-state index in [1.807, 2.05) is 12.1 Å². The summed E-state index contributed by atoms with van der Waals surface area (Å²) in [6, 6.07) is 7.74. The van der Waals surface area contributed by atoms with Crippen LogP contribution in [0.25, 0.3) is 0 Å². The van der Waals surface area contributed by atoms with Crippen LogP contribution in [-0.4, -0.2) is 18.2 Å². The average Bonchev–Trinajstić information content (AvgIpc) is 2.91. The third-order valence-electron chi connectivity index (χ3n) is 3.23. The Morgan fingerprint density at radius 3 is 2.81 bits per heavy atom. The van der Waals surface area contributed by atoms with Crippen LogP contribution in [0.4, 0.5) is 0 Å². The lowest BCUT2D eigenvalue weighted by atomic mass is 10.1. The number of methoxy groups -OCH3 is 1. The molecule has 0 saturated heterocycles. The maximum absolute atomic E-state index is 8.75. The Morgan fingerprint density at radius 1 is 1.38 bits per heavy atom. The van der Waals surface area contributed by atoms with Gasteiger partial charge in [0.1, 0.15) is 5.75 Å². The van der Waals surface area contributed by atoms with Gasteiger partial charge in [-0.1, -0.05) is 11.2 Å². The van der Waals surface area contributed by atoms with Gasteiger partial charge in [-0.05, 0) is 41.6 Å². The van der Waals surface area contributed by atoms with Crippen LogP contribution in [-0.2, 0) is 13.1 Å². The Balaban J connectivity index is 2.02. The molecule has 4 N–H and O–H groups in total. The van der Waals surface area contributed by atoms with Crippen LogP contribution < -0.4 is 15.8 Å². The predicted octanol–water partition coefficient (Wildman–Crippen LogP) is 2.45. The van der Waals surface area contributed by atoms with Crippen molar-refractivity contribution in [3.05, 3.63) is 51.2 Å². The molecule has 0 spiro atoms. The number of nitrogens with zero attached hydrogens (tertiary/aromatic N) is 1. The van der Waals surface area contributed by atoms with Crippen molar-refractivity contribution in [1.29, 1.82) is 0 Å². The van der Waals surface area contributed by atoms with E-state index in [0.29, 0.717) is 11.3 Å². The van der Waals surface area contributed by atoms with Gasteiger partial charge in [-0.2, -0.15) is 0 Å². The van der Waals surface area contributed by atoms with Gasteiger partial charge >= 0.3 is 0 Å². The number of nitrogens with two attached hydrogens (primary N) is 1. The van der Waals surface area contributed by atoms with Crippen LogP contribution in [0.5, 0.6) is 5.75 Å². The second-order valence-corrected chi connectivity index (χ2v) is 5.65. The summed E-state index contributed by atoms with van der Waals surface area (Å²) in [5.74, 6) is 0.637. The van der Waals surface area contributed by atoms with E-state index in [9.17, 15) is 0 Å². The number of hydrogen-bond donors (Lipinski definition) is 3. The lowest BCUT2D eigenvalue weighted by molar-refractivity contribution is 0.318. The minimum Gasteiger partial charge on any atom is -0.496 e. The van der Waals surface area contributed by atoms with Crippen molar-refractivity contribution in [3.8, 4) is 5.75 Å². The molecule has 1 aromatic carbocycles. The predicted molar refractivity (Wildman–Crippen MR) is 85.1 cm³/mol. The van der Waals surface area contributed by atoms with Gasteiger partial charge in [0.25, 0.3) is 0 Å². The van der Waals surface area contributed by atoms with E-state index in [1.54, 1.807) is 24.5 Å². The van der Waals surface area contributed by atoms with E-state index in [2.05, 4.69) is 28.8 Å². The Hall–Kier alpha value is -2.05. The number of amidine groups is 1. The number of oxime groups is 1. The van der Waals surface area contributed by atoms with E-state index in [1.165, 1.54) is 10.4 Å². The molecule has 0 atom stereocenters. The topological polar surface area (TPSA) is 79.9 Å². The van der Waals surface area contributed by atoms with Crippen LogP contribution in [0.1, 0.15) is 21.6 Å². The summed E-state index contributed by atoms with van der Waals surface area (Å²) in [5.41, 5.74) is 8.58. The molecule has 0 unspecified atom stereocenters. The van der Waals surface area contributed by atoms with Gasteiger partial charge in [0.15, 0.2) is 5.84 Å². The summed E-state index contributed by atoms with van der Waals surface area (Å²) >= 11 is 1.75. The second kappa shape index (κ2) is 7.10. The fourth-order valence-electron chi connectivity index (χ4n) is 2.02. The molecule has 0 fully saturated rings. The maximum atomic E-state index is 8.75. The quantitative estimate of drug-likeness (QED) is 0.331. The van der Waals surface area contributed by atoms with Gasteiger partial charge in [-0.15, -0.1) is 11.3 Å². The van der Waals surface area contributed by atoms with Crippen molar-refractivity contribution >= 4 is 17.2 Å². The van der Waals surface area contributed by atoms with Gasteiger partial charge in [-0.25, -0.2) is 0 Å². The summed E-state index contributed by atoms with van der Waals surface area (Å²) in [6.45, 7) is 3.68.